The number of methoxy groups -OCH3 is 1. The van der Waals surface area contributed by atoms with Gasteiger partial charge in [-0.3, -0.25) is 0 Å². The normalized spacial score (nSPS) is 11.3. The fraction of sp³-hybridized carbons (Fsp3) is 0.300. The van der Waals surface area contributed by atoms with E-state index in [1.165, 1.54) is 19.2 Å². The van der Waals surface area contributed by atoms with E-state index in [1.54, 1.807) is 0 Å². The van der Waals surface area contributed by atoms with Crippen molar-refractivity contribution in [2.75, 3.05) is 7.11 Å². The van der Waals surface area contributed by atoms with Gasteiger partial charge in [-0.15, -0.1) is 0 Å². The molecule has 0 radical (unpaired) electrons. The molecule has 0 spiro atoms. The van der Waals surface area contributed by atoms with Crippen LogP contribution in [0.3, 0.4) is 0 Å². The first-order valence-corrected chi connectivity index (χ1v) is 4.91. The third-order valence-corrected chi connectivity index (χ3v) is 2.55. The molecule has 5 heteroatoms. The quantitative estimate of drug-likeness (QED) is 0.776. The van der Waals surface area contributed by atoms with Gasteiger partial charge in [0.25, 0.3) is 5.92 Å². The maximum absolute atomic E-state index is 13.1. The van der Waals surface area contributed by atoms with Gasteiger partial charge < -0.3 is 4.74 Å². The summed E-state index contributed by atoms with van der Waals surface area (Å²) in [6, 6.07) is 3.94. The number of hydrogen-bond donors (Lipinski definition) is 0. The topological polar surface area (TPSA) is 26.3 Å². The molecule has 0 N–H and O–H groups in total. The van der Waals surface area contributed by atoms with Gasteiger partial charge in [-0.05, 0) is 18.2 Å². The predicted octanol–water partition coefficient (Wildman–Crippen LogP) is 3.35. The van der Waals surface area contributed by atoms with Crippen LogP contribution in [0.5, 0.6) is 0 Å². The SMILES string of the molecule is COC(=O)c1ccc(Br)c(C(C)(F)F)c1. The Morgan fingerprint density at radius 1 is 1.47 bits per heavy atom. The maximum Gasteiger partial charge on any atom is 0.337 e. The molecule has 0 bridgehead atoms. The molecule has 0 fully saturated rings. The Kier molecular flexibility index (Phi) is 3.44. The highest BCUT2D eigenvalue weighted by atomic mass is 79.9. The Hall–Kier alpha value is -0.970. The zero-order valence-corrected chi connectivity index (χ0v) is 9.77. The van der Waals surface area contributed by atoms with Crippen LogP contribution in [-0.2, 0) is 10.7 Å². The number of alkyl halides is 2. The molecule has 1 aromatic rings. The minimum atomic E-state index is -3.00. The molecule has 0 aromatic heterocycles. The zero-order chi connectivity index (χ0) is 11.6. The number of esters is 1. The van der Waals surface area contributed by atoms with Gasteiger partial charge in [0.05, 0.1) is 12.7 Å². The van der Waals surface area contributed by atoms with Crippen LogP contribution in [0, 0.1) is 0 Å². The van der Waals surface area contributed by atoms with Crippen LogP contribution in [-0.4, -0.2) is 13.1 Å². The minimum Gasteiger partial charge on any atom is -0.465 e. The van der Waals surface area contributed by atoms with Crippen molar-refractivity contribution in [3.8, 4) is 0 Å². The first-order valence-electron chi connectivity index (χ1n) is 4.12. The number of halogens is 3. The van der Waals surface area contributed by atoms with Gasteiger partial charge >= 0.3 is 5.97 Å². The van der Waals surface area contributed by atoms with Crippen LogP contribution in [0.2, 0.25) is 0 Å². The van der Waals surface area contributed by atoms with Crippen LogP contribution in [0.1, 0.15) is 22.8 Å². The van der Waals surface area contributed by atoms with Gasteiger partial charge in [0.1, 0.15) is 0 Å². The van der Waals surface area contributed by atoms with Gasteiger partial charge in [-0.1, -0.05) is 15.9 Å². The third-order valence-electron chi connectivity index (χ3n) is 1.86. The standard InChI is InChI=1S/C10H9BrF2O2/c1-10(12,13)7-5-6(9(14)15-2)3-4-8(7)11/h3-5H,1-2H3. The summed E-state index contributed by atoms with van der Waals surface area (Å²) in [4.78, 5) is 11.1. The van der Waals surface area contributed by atoms with Crippen LogP contribution in [0.25, 0.3) is 0 Å². The average molecular weight is 279 g/mol. The molecular weight excluding hydrogens is 270 g/mol. The molecule has 0 saturated carbocycles. The molecule has 0 saturated heterocycles. The van der Waals surface area contributed by atoms with Crippen LogP contribution in [0.15, 0.2) is 22.7 Å². The van der Waals surface area contributed by atoms with Crippen LogP contribution < -0.4 is 0 Å². The lowest BCUT2D eigenvalue weighted by atomic mass is 10.1. The second kappa shape index (κ2) is 4.26. The monoisotopic (exact) mass is 278 g/mol. The van der Waals surface area contributed by atoms with E-state index in [-0.39, 0.29) is 15.6 Å². The Labute approximate surface area is 94.4 Å². The van der Waals surface area contributed by atoms with Gasteiger partial charge in [0, 0.05) is 17.0 Å². The van der Waals surface area contributed by atoms with Gasteiger partial charge in [0.15, 0.2) is 0 Å². The summed E-state index contributed by atoms with van der Waals surface area (Å²) < 4.78 is 30.9. The van der Waals surface area contributed by atoms with E-state index < -0.39 is 11.9 Å². The van der Waals surface area contributed by atoms with E-state index >= 15 is 0 Å². The number of hydrogen-bond acceptors (Lipinski definition) is 2. The highest BCUT2D eigenvalue weighted by molar-refractivity contribution is 9.10. The minimum absolute atomic E-state index is 0.109. The lowest BCUT2D eigenvalue weighted by molar-refractivity contribution is 0.0166. The second-order valence-electron chi connectivity index (χ2n) is 3.07. The molecule has 0 aliphatic rings. The van der Waals surface area contributed by atoms with E-state index in [0.29, 0.717) is 0 Å². The highest BCUT2D eigenvalue weighted by Crippen LogP contribution is 2.33. The molecule has 0 amide bonds. The molecule has 0 heterocycles. The Bertz CT molecular complexity index is 385. The van der Waals surface area contributed by atoms with Gasteiger partial charge in [-0.2, -0.15) is 0 Å². The first-order chi connectivity index (χ1) is 6.86. The smallest absolute Gasteiger partial charge is 0.337 e. The summed E-state index contributed by atoms with van der Waals surface area (Å²) in [5.74, 6) is -3.63. The zero-order valence-electron chi connectivity index (χ0n) is 8.18. The van der Waals surface area contributed by atoms with Crippen molar-refractivity contribution in [1.29, 1.82) is 0 Å². The van der Waals surface area contributed by atoms with Crippen molar-refractivity contribution in [2.24, 2.45) is 0 Å². The third kappa shape index (κ3) is 2.75. The van der Waals surface area contributed by atoms with E-state index in [9.17, 15) is 13.6 Å². The van der Waals surface area contributed by atoms with E-state index in [2.05, 4.69) is 20.7 Å². The summed E-state index contributed by atoms with van der Waals surface area (Å²) in [5.41, 5.74) is -0.123. The molecular formula is C10H9BrF2O2. The predicted molar refractivity (Wildman–Crippen MR) is 55.0 cm³/mol. The van der Waals surface area contributed by atoms with E-state index in [0.717, 1.165) is 13.0 Å². The van der Waals surface area contributed by atoms with Crippen molar-refractivity contribution in [2.45, 2.75) is 12.8 Å². The van der Waals surface area contributed by atoms with E-state index in [1.807, 2.05) is 0 Å². The molecule has 1 aromatic carbocycles. The average Bonchev–Trinajstić information content (AvgIpc) is 2.15. The summed E-state index contributed by atoms with van der Waals surface area (Å²) in [7, 11) is 1.20. The Morgan fingerprint density at radius 3 is 2.53 bits per heavy atom. The maximum atomic E-state index is 13.1. The molecule has 1 rings (SSSR count). The largest absolute Gasteiger partial charge is 0.465 e. The Balaban J connectivity index is 3.23. The van der Waals surface area contributed by atoms with Crippen molar-refractivity contribution >= 4 is 21.9 Å². The molecule has 82 valence electrons. The molecule has 0 aliphatic carbocycles. The molecule has 0 unspecified atom stereocenters. The lowest BCUT2D eigenvalue weighted by Gasteiger charge is -2.13. The second-order valence-corrected chi connectivity index (χ2v) is 3.93. The first kappa shape index (κ1) is 12.1. The lowest BCUT2D eigenvalue weighted by Crippen LogP contribution is -2.10. The van der Waals surface area contributed by atoms with Crippen LogP contribution >= 0.6 is 15.9 Å². The summed E-state index contributed by atoms with van der Waals surface area (Å²) in [6.07, 6.45) is 0. The van der Waals surface area contributed by atoms with Crippen LogP contribution in [0.4, 0.5) is 8.78 Å². The number of carbonyl (C=O) groups is 1. The number of rotatable bonds is 2. The fourth-order valence-electron chi connectivity index (χ4n) is 1.11. The number of ether oxygens (including phenoxy) is 1. The summed E-state index contributed by atoms with van der Waals surface area (Å²) in [6.45, 7) is 0.772. The molecule has 0 atom stereocenters. The molecule has 0 aliphatic heterocycles. The Morgan fingerprint density at radius 2 is 2.07 bits per heavy atom. The van der Waals surface area contributed by atoms with Gasteiger partial charge in [-0.25, -0.2) is 13.6 Å². The van der Waals surface area contributed by atoms with Crippen molar-refractivity contribution in [3.63, 3.8) is 0 Å². The number of benzene rings is 1. The van der Waals surface area contributed by atoms with Crippen molar-refractivity contribution < 1.29 is 18.3 Å². The summed E-state index contributed by atoms with van der Waals surface area (Å²) in [5, 5.41) is 0. The van der Waals surface area contributed by atoms with Gasteiger partial charge in [0.2, 0.25) is 0 Å². The van der Waals surface area contributed by atoms with Crippen molar-refractivity contribution in [1.82, 2.24) is 0 Å². The van der Waals surface area contributed by atoms with Crippen molar-refractivity contribution in [3.05, 3.63) is 33.8 Å². The molecule has 15 heavy (non-hydrogen) atoms. The number of carbonyl (C=O) groups excluding carboxylic acids is 1. The fourth-order valence-corrected chi connectivity index (χ4v) is 1.70. The molecule has 2 nitrogen and oxygen atoms in total. The highest BCUT2D eigenvalue weighted by Gasteiger charge is 2.28. The van der Waals surface area contributed by atoms with E-state index in [4.69, 9.17) is 0 Å². The summed E-state index contributed by atoms with van der Waals surface area (Å²) >= 11 is 3.01.